The van der Waals surface area contributed by atoms with Crippen LogP contribution in [0.15, 0.2) is 18.2 Å². The Bertz CT molecular complexity index is 992. The fourth-order valence-corrected chi connectivity index (χ4v) is 2.74. The first-order chi connectivity index (χ1) is 11.9. The van der Waals surface area contributed by atoms with Crippen molar-refractivity contribution in [3.8, 4) is 5.75 Å². The van der Waals surface area contributed by atoms with Gasteiger partial charge < -0.3 is 18.2 Å². The summed E-state index contributed by atoms with van der Waals surface area (Å²) in [6, 6.07) is 2.99. The molecule has 1 aromatic carbocycles. The summed E-state index contributed by atoms with van der Waals surface area (Å²) in [6.07, 6.45) is 0. The predicted molar refractivity (Wildman–Crippen MR) is 81.2 cm³/mol. The number of methoxy groups -OCH3 is 2. The number of benzene rings is 1. The minimum absolute atomic E-state index is 0.0562. The highest BCUT2D eigenvalue weighted by molar-refractivity contribution is 7.88. The van der Waals surface area contributed by atoms with Gasteiger partial charge in [0.25, 0.3) is 0 Å². The molecule has 8 nitrogen and oxygen atoms in total. The lowest BCUT2D eigenvalue weighted by Crippen LogP contribution is -2.28. The summed E-state index contributed by atoms with van der Waals surface area (Å²) >= 11 is 0. The van der Waals surface area contributed by atoms with Crippen molar-refractivity contribution < 1.29 is 44.8 Å². The first-order valence-corrected chi connectivity index (χ1v) is 8.15. The van der Waals surface area contributed by atoms with Gasteiger partial charge in [0, 0.05) is 18.5 Å². The van der Waals surface area contributed by atoms with Gasteiger partial charge in [0.05, 0.1) is 19.7 Å². The largest absolute Gasteiger partial charge is 0.534 e. The van der Waals surface area contributed by atoms with E-state index in [1.54, 1.807) is 0 Å². The van der Waals surface area contributed by atoms with Crippen LogP contribution in [0.1, 0.15) is 20.8 Å². The van der Waals surface area contributed by atoms with Crippen molar-refractivity contribution in [1.82, 2.24) is 4.57 Å². The number of alkyl halides is 3. The molecule has 0 bridgehead atoms. The van der Waals surface area contributed by atoms with Gasteiger partial charge in [-0.3, -0.25) is 0 Å². The number of ether oxygens (including phenoxy) is 2. The van der Waals surface area contributed by atoms with E-state index in [1.807, 2.05) is 0 Å². The van der Waals surface area contributed by atoms with Crippen molar-refractivity contribution in [3.63, 3.8) is 0 Å². The molecule has 2 aromatic rings. The molecule has 12 heteroatoms. The van der Waals surface area contributed by atoms with Gasteiger partial charge in [-0.15, -0.1) is 0 Å². The smallest absolute Gasteiger partial charge is 0.465 e. The number of rotatable bonds is 4. The number of halogens is 3. The van der Waals surface area contributed by atoms with Crippen LogP contribution >= 0.6 is 0 Å². The maximum Gasteiger partial charge on any atom is 0.534 e. The molecule has 0 saturated heterocycles. The van der Waals surface area contributed by atoms with Crippen molar-refractivity contribution in [1.29, 1.82) is 0 Å². The van der Waals surface area contributed by atoms with E-state index >= 15 is 0 Å². The van der Waals surface area contributed by atoms with Crippen molar-refractivity contribution in [2.24, 2.45) is 7.05 Å². The van der Waals surface area contributed by atoms with Crippen LogP contribution in [-0.2, 0) is 26.6 Å². The first kappa shape index (κ1) is 19.6. The number of carbonyl (C=O) groups excluding carboxylic acids is 2. The third-order valence-corrected chi connectivity index (χ3v) is 4.41. The van der Waals surface area contributed by atoms with Gasteiger partial charge in [0.1, 0.15) is 17.0 Å². The molecule has 0 saturated carbocycles. The Labute approximate surface area is 145 Å². The summed E-state index contributed by atoms with van der Waals surface area (Å²) in [4.78, 5) is 24.0. The van der Waals surface area contributed by atoms with E-state index < -0.39 is 33.3 Å². The zero-order valence-corrected chi connectivity index (χ0v) is 14.4. The molecule has 0 N–H and O–H groups in total. The Morgan fingerprint density at radius 2 is 1.65 bits per heavy atom. The molecule has 1 heterocycles. The van der Waals surface area contributed by atoms with Crippen LogP contribution in [0.4, 0.5) is 13.2 Å². The van der Waals surface area contributed by atoms with Crippen molar-refractivity contribution in [2.75, 3.05) is 14.2 Å². The summed E-state index contributed by atoms with van der Waals surface area (Å²) < 4.78 is 74.0. The molecule has 2 rings (SSSR count). The number of carbonyl (C=O) groups is 2. The summed E-state index contributed by atoms with van der Waals surface area (Å²) in [5.74, 6) is -2.43. The molecule has 0 fully saturated rings. The molecule has 0 aliphatic rings. The van der Waals surface area contributed by atoms with Gasteiger partial charge in [-0.25, -0.2) is 9.59 Å². The Hall–Kier alpha value is -2.76. The zero-order valence-electron chi connectivity index (χ0n) is 13.6. The number of fused-ring (bicyclic) bond motifs is 1. The number of hydrogen-bond acceptors (Lipinski definition) is 7. The maximum atomic E-state index is 12.4. The van der Waals surface area contributed by atoms with Crippen LogP contribution in [0.25, 0.3) is 10.9 Å². The molecule has 26 heavy (non-hydrogen) atoms. The average Bonchev–Trinajstić information content (AvgIpc) is 2.84. The monoisotopic (exact) mass is 395 g/mol. The number of aryl methyl sites for hydroxylation is 1. The van der Waals surface area contributed by atoms with Gasteiger partial charge in [-0.05, 0) is 12.1 Å². The van der Waals surface area contributed by atoms with E-state index in [1.165, 1.54) is 7.05 Å². The molecule has 0 amide bonds. The van der Waals surface area contributed by atoms with Crippen molar-refractivity contribution in [2.45, 2.75) is 5.51 Å². The van der Waals surface area contributed by atoms with Crippen LogP contribution in [0.3, 0.4) is 0 Å². The second-order valence-electron chi connectivity index (χ2n) is 4.93. The summed E-state index contributed by atoms with van der Waals surface area (Å²) in [5.41, 5.74) is -5.95. The van der Waals surface area contributed by atoms with Crippen LogP contribution in [-0.4, -0.2) is 44.7 Å². The van der Waals surface area contributed by atoms with Gasteiger partial charge in [0.2, 0.25) is 0 Å². The Kier molecular flexibility index (Phi) is 4.90. The topological polar surface area (TPSA) is 101 Å². The summed E-state index contributed by atoms with van der Waals surface area (Å²) in [5, 5.41) is 0.136. The molecule has 1 aromatic heterocycles. The van der Waals surface area contributed by atoms with Crippen molar-refractivity contribution >= 4 is 33.0 Å². The normalized spacial score (nSPS) is 12.1. The van der Waals surface area contributed by atoms with Crippen molar-refractivity contribution in [3.05, 3.63) is 29.5 Å². The lowest BCUT2D eigenvalue weighted by molar-refractivity contribution is -0.0500. The average molecular weight is 395 g/mol. The second-order valence-corrected chi connectivity index (χ2v) is 6.47. The fraction of sp³-hybridized carbons (Fsp3) is 0.286. The van der Waals surface area contributed by atoms with Gasteiger partial charge in [0.15, 0.2) is 0 Å². The van der Waals surface area contributed by atoms with E-state index in [2.05, 4.69) is 13.7 Å². The van der Waals surface area contributed by atoms with Gasteiger partial charge >= 0.3 is 27.6 Å². The van der Waals surface area contributed by atoms with E-state index in [4.69, 9.17) is 0 Å². The summed E-state index contributed by atoms with van der Waals surface area (Å²) in [7, 11) is -2.38. The van der Waals surface area contributed by atoms with Crippen LogP contribution in [0, 0.1) is 0 Å². The molecule has 0 aliphatic carbocycles. The SMILES string of the molecule is COC(=O)c1c(C(=O)OC)n(C)c2cc(OS(=O)(=O)C(F)(F)F)ccc12. The maximum absolute atomic E-state index is 12.4. The van der Waals surface area contributed by atoms with Gasteiger partial charge in [-0.1, -0.05) is 0 Å². The number of esters is 2. The Morgan fingerprint density at radius 1 is 1.08 bits per heavy atom. The lowest BCUT2D eigenvalue weighted by Gasteiger charge is -2.09. The second kappa shape index (κ2) is 6.52. The lowest BCUT2D eigenvalue weighted by atomic mass is 10.1. The van der Waals surface area contributed by atoms with E-state index in [0.29, 0.717) is 0 Å². The quantitative estimate of drug-likeness (QED) is 0.443. The fourth-order valence-electron chi connectivity index (χ4n) is 2.29. The first-order valence-electron chi connectivity index (χ1n) is 6.74. The molecule has 0 unspecified atom stereocenters. The van der Waals surface area contributed by atoms with E-state index in [-0.39, 0.29) is 22.2 Å². The van der Waals surface area contributed by atoms with Crippen LogP contribution < -0.4 is 4.18 Å². The molecular weight excluding hydrogens is 383 g/mol. The third kappa shape index (κ3) is 3.19. The minimum Gasteiger partial charge on any atom is -0.465 e. The minimum atomic E-state index is -5.87. The Balaban J connectivity index is 2.69. The highest BCUT2D eigenvalue weighted by atomic mass is 32.2. The predicted octanol–water partition coefficient (Wildman–Crippen LogP) is 1.98. The highest BCUT2D eigenvalue weighted by Gasteiger charge is 2.48. The third-order valence-electron chi connectivity index (χ3n) is 3.43. The molecular formula is C14H12F3NO7S. The van der Waals surface area contributed by atoms with Gasteiger partial charge in [-0.2, -0.15) is 21.6 Å². The van der Waals surface area contributed by atoms with E-state index in [9.17, 15) is 31.2 Å². The van der Waals surface area contributed by atoms with E-state index in [0.717, 1.165) is 37.0 Å². The van der Waals surface area contributed by atoms with Crippen LogP contribution in [0.2, 0.25) is 0 Å². The molecule has 0 aliphatic heterocycles. The molecule has 0 atom stereocenters. The standard InChI is InChI=1S/C14H12F3NO7S/c1-18-9-6-7(25-26(21,22)14(15,16)17)4-5-8(9)10(12(19)23-2)11(18)13(20)24-3/h4-6H,1-3H3. The molecule has 0 spiro atoms. The molecule has 142 valence electrons. The molecule has 0 radical (unpaired) electrons. The van der Waals surface area contributed by atoms with Crippen LogP contribution in [0.5, 0.6) is 5.75 Å². The Morgan fingerprint density at radius 3 is 2.15 bits per heavy atom. The zero-order chi connectivity index (χ0) is 19.9. The highest BCUT2D eigenvalue weighted by Crippen LogP contribution is 2.32. The number of nitrogens with zero attached hydrogens (tertiary/aromatic N) is 1. The summed E-state index contributed by atoms with van der Waals surface area (Å²) in [6.45, 7) is 0. The number of hydrogen-bond donors (Lipinski definition) is 0. The number of aromatic nitrogens is 1.